The maximum atomic E-state index is 15.3. The van der Waals surface area contributed by atoms with Crippen molar-refractivity contribution in [3.8, 4) is 5.75 Å². The van der Waals surface area contributed by atoms with Gasteiger partial charge >= 0.3 is 11.7 Å². The van der Waals surface area contributed by atoms with E-state index in [4.69, 9.17) is 9.15 Å². The fourth-order valence-electron chi connectivity index (χ4n) is 3.90. The lowest BCUT2D eigenvalue weighted by atomic mass is 9.95. The molecule has 1 fully saturated rings. The van der Waals surface area contributed by atoms with Crippen molar-refractivity contribution >= 4 is 38.9 Å². The van der Waals surface area contributed by atoms with Gasteiger partial charge in [0, 0.05) is 51.1 Å². The normalized spacial score (nSPS) is 13.2. The lowest BCUT2D eigenvalue weighted by molar-refractivity contribution is -0.120. The van der Waals surface area contributed by atoms with E-state index in [2.05, 4.69) is 10.0 Å². The molecule has 1 aliphatic carbocycles. The van der Waals surface area contributed by atoms with E-state index in [1.54, 1.807) is 6.07 Å². The monoisotopic (exact) mass is 560 g/mol. The molecule has 4 rings (SSSR count). The van der Waals surface area contributed by atoms with Gasteiger partial charge in [0.15, 0.2) is 5.82 Å². The average molecular weight is 561 g/mol. The SMILES string of the molecule is CNS(=O)(=O)Nc1cccc(Cc2c(CC(=O)NCC3CC3)c3ccc(OC(=O)N(C)C)cc3oc2=O)c1F. The molecule has 2 aromatic carbocycles. The first-order valence-corrected chi connectivity index (χ1v) is 13.7. The van der Waals surface area contributed by atoms with Crippen molar-refractivity contribution in [2.75, 3.05) is 32.4 Å². The highest BCUT2D eigenvalue weighted by Gasteiger charge is 2.24. The zero-order valence-corrected chi connectivity index (χ0v) is 22.5. The van der Waals surface area contributed by atoms with Gasteiger partial charge in [-0.15, -0.1) is 0 Å². The van der Waals surface area contributed by atoms with Crippen LogP contribution in [0.4, 0.5) is 14.9 Å². The Morgan fingerprint density at radius 3 is 2.56 bits per heavy atom. The van der Waals surface area contributed by atoms with Crippen LogP contribution in [0.3, 0.4) is 0 Å². The summed E-state index contributed by atoms with van der Waals surface area (Å²) in [5, 5.41) is 3.29. The Morgan fingerprint density at radius 1 is 1.15 bits per heavy atom. The van der Waals surface area contributed by atoms with Crippen LogP contribution in [0.5, 0.6) is 5.75 Å². The maximum Gasteiger partial charge on any atom is 0.414 e. The van der Waals surface area contributed by atoms with Crippen LogP contribution >= 0.6 is 0 Å². The number of rotatable bonds is 10. The number of hydrogen-bond donors (Lipinski definition) is 3. The molecule has 0 bridgehead atoms. The number of benzene rings is 2. The van der Waals surface area contributed by atoms with Crippen LogP contribution in [-0.4, -0.2) is 53.0 Å². The smallest absolute Gasteiger partial charge is 0.414 e. The second-order valence-electron chi connectivity index (χ2n) is 9.46. The molecule has 3 aromatic rings. The first-order chi connectivity index (χ1) is 18.5. The molecule has 1 heterocycles. The number of halogens is 1. The number of fused-ring (bicyclic) bond motifs is 1. The Morgan fingerprint density at radius 2 is 1.90 bits per heavy atom. The van der Waals surface area contributed by atoms with Gasteiger partial charge in [0.25, 0.3) is 10.2 Å². The van der Waals surface area contributed by atoms with E-state index in [1.165, 1.54) is 56.4 Å². The number of hydrogen-bond acceptors (Lipinski definition) is 7. The molecule has 3 N–H and O–H groups in total. The van der Waals surface area contributed by atoms with E-state index in [0.29, 0.717) is 23.4 Å². The molecule has 1 aliphatic rings. The predicted octanol–water partition coefficient (Wildman–Crippen LogP) is 2.53. The molecule has 0 unspecified atom stereocenters. The van der Waals surface area contributed by atoms with Crippen LogP contribution in [0.1, 0.15) is 29.5 Å². The minimum atomic E-state index is -3.98. The fourth-order valence-corrected chi connectivity index (χ4v) is 4.45. The van der Waals surface area contributed by atoms with Crippen LogP contribution in [0.25, 0.3) is 11.0 Å². The summed E-state index contributed by atoms with van der Waals surface area (Å²) in [6, 6.07) is 8.56. The summed E-state index contributed by atoms with van der Waals surface area (Å²) >= 11 is 0. The van der Waals surface area contributed by atoms with Gasteiger partial charge in [-0.3, -0.25) is 9.52 Å². The second-order valence-corrected chi connectivity index (χ2v) is 11.1. The Labute approximate surface area is 224 Å². The summed E-state index contributed by atoms with van der Waals surface area (Å²) in [5.41, 5.74) is -0.606. The molecule has 1 saturated carbocycles. The number of carbonyl (C=O) groups excluding carboxylic acids is 2. The third-order valence-corrected chi connectivity index (χ3v) is 7.27. The molecule has 11 nitrogen and oxygen atoms in total. The van der Waals surface area contributed by atoms with Crippen molar-refractivity contribution in [3.05, 3.63) is 69.3 Å². The number of ether oxygens (including phenoxy) is 1. The first kappa shape index (κ1) is 28.0. The van der Waals surface area contributed by atoms with Crippen LogP contribution in [-0.2, 0) is 27.8 Å². The number of amides is 2. The molecule has 0 aliphatic heterocycles. The van der Waals surface area contributed by atoms with Gasteiger partial charge in [0.05, 0.1) is 12.1 Å². The van der Waals surface area contributed by atoms with E-state index < -0.39 is 27.7 Å². The van der Waals surface area contributed by atoms with Gasteiger partial charge in [-0.05, 0) is 48.1 Å². The van der Waals surface area contributed by atoms with Crippen molar-refractivity contribution in [3.63, 3.8) is 0 Å². The quantitative estimate of drug-likeness (QED) is 0.323. The summed E-state index contributed by atoms with van der Waals surface area (Å²) in [5.74, 6) is -0.602. The summed E-state index contributed by atoms with van der Waals surface area (Å²) in [6.45, 7) is 0.528. The van der Waals surface area contributed by atoms with Gasteiger partial charge in [-0.1, -0.05) is 12.1 Å². The fraction of sp³-hybridized carbons (Fsp3) is 0.346. The summed E-state index contributed by atoms with van der Waals surface area (Å²) in [7, 11) is 0.234. The van der Waals surface area contributed by atoms with Crippen molar-refractivity contribution in [2.45, 2.75) is 25.7 Å². The van der Waals surface area contributed by atoms with E-state index in [1.807, 2.05) is 4.72 Å². The first-order valence-electron chi connectivity index (χ1n) is 12.2. The highest BCUT2D eigenvalue weighted by atomic mass is 32.2. The molecule has 0 spiro atoms. The minimum Gasteiger partial charge on any atom is -0.422 e. The third kappa shape index (κ3) is 6.92. The van der Waals surface area contributed by atoms with Crippen LogP contribution in [0.15, 0.2) is 45.6 Å². The van der Waals surface area contributed by atoms with Crippen LogP contribution in [0, 0.1) is 11.7 Å². The summed E-state index contributed by atoms with van der Waals surface area (Å²) in [4.78, 5) is 39.2. The molecule has 0 radical (unpaired) electrons. The van der Waals surface area contributed by atoms with Gasteiger partial charge in [-0.25, -0.2) is 18.7 Å². The third-order valence-electron chi connectivity index (χ3n) is 6.24. The van der Waals surface area contributed by atoms with E-state index in [-0.39, 0.29) is 46.9 Å². The number of carbonyl (C=O) groups is 2. The Bertz CT molecular complexity index is 1580. The highest BCUT2D eigenvalue weighted by Crippen LogP contribution is 2.29. The topological polar surface area (TPSA) is 147 Å². The van der Waals surface area contributed by atoms with Gasteiger partial charge in [0.2, 0.25) is 5.91 Å². The van der Waals surface area contributed by atoms with Gasteiger partial charge < -0.3 is 19.4 Å². The van der Waals surface area contributed by atoms with E-state index in [0.717, 1.165) is 12.8 Å². The molecule has 208 valence electrons. The zero-order valence-electron chi connectivity index (χ0n) is 21.7. The molecule has 39 heavy (non-hydrogen) atoms. The molecule has 13 heteroatoms. The minimum absolute atomic E-state index is 0.0223. The molecule has 2 amide bonds. The largest absolute Gasteiger partial charge is 0.422 e. The average Bonchev–Trinajstić information content (AvgIpc) is 3.71. The summed E-state index contributed by atoms with van der Waals surface area (Å²) in [6.07, 6.45) is 1.03. The highest BCUT2D eigenvalue weighted by molar-refractivity contribution is 7.90. The molecule has 0 saturated heterocycles. The molecular weight excluding hydrogens is 531 g/mol. The maximum absolute atomic E-state index is 15.3. The molecule has 1 aromatic heterocycles. The number of nitrogens with zero attached hydrogens (tertiary/aromatic N) is 1. The standard InChI is InChI=1S/C26H29FN4O7S/c1-28-39(35,36)30-21-6-4-5-16(24(21)27)11-20-19(13-23(32)29-14-15-7-8-15)18-10-9-17(37-26(34)31(2)3)12-22(18)38-25(20)33/h4-6,9-10,12,15,28,30H,7-8,11,13-14H2,1-3H3,(H,29,32). The Hall–Kier alpha value is -3.97. The van der Waals surface area contributed by atoms with E-state index >= 15 is 4.39 Å². The number of anilines is 1. The van der Waals surface area contributed by atoms with Crippen LogP contribution < -0.4 is 25.1 Å². The summed E-state index contributed by atoms with van der Waals surface area (Å²) < 4.78 is 54.0. The molecular formula is C26H29FN4O7S. The zero-order chi connectivity index (χ0) is 28.3. The Kier molecular flexibility index (Phi) is 8.21. The van der Waals surface area contributed by atoms with Crippen molar-refractivity contribution in [2.24, 2.45) is 5.92 Å². The molecule has 0 atom stereocenters. The van der Waals surface area contributed by atoms with Gasteiger partial charge in [0.1, 0.15) is 11.3 Å². The second kappa shape index (κ2) is 11.4. The lowest BCUT2D eigenvalue weighted by Crippen LogP contribution is -2.28. The van der Waals surface area contributed by atoms with E-state index in [9.17, 15) is 22.8 Å². The van der Waals surface area contributed by atoms with Gasteiger partial charge in [-0.2, -0.15) is 8.42 Å². The van der Waals surface area contributed by atoms with Crippen molar-refractivity contribution in [1.29, 1.82) is 0 Å². The lowest BCUT2D eigenvalue weighted by Gasteiger charge is -2.15. The predicted molar refractivity (Wildman–Crippen MR) is 142 cm³/mol. The Balaban J connectivity index is 1.75. The van der Waals surface area contributed by atoms with Crippen molar-refractivity contribution in [1.82, 2.24) is 14.9 Å². The van der Waals surface area contributed by atoms with Crippen molar-refractivity contribution < 1.29 is 31.6 Å². The van der Waals surface area contributed by atoms with Crippen LogP contribution in [0.2, 0.25) is 0 Å². The number of nitrogens with one attached hydrogen (secondary N) is 3.